The molecule has 0 unspecified atom stereocenters. The van der Waals surface area contributed by atoms with Gasteiger partial charge < -0.3 is 18.8 Å². The number of benzene rings is 1. The van der Waals surface area contributed by atoms with Gasteiger partial charge in [0, 0.05) is 39.0 Å². The molecule has 0 amide bonds. The van der Waals surface area contributed by atoms with Crippen molar-refractivity contribution >= 4 is 0 Å². The molecule has 0 radical (unpaired) electrons. The highest BCUT2D eigenvalue weighted by molar-refractivity contribution is 5.42. The molecule has 0 N–H and O–H groups in total. The van der Waals surface area contributed by atoms with Crippen LogP contribution in [0.25, 0.3) is 0 Å². The minimum absolute atomic E-state index is 0.313. The van der Waals surface area contributed by atoms with Crippen molar-refractivity contribution in [2.75, 3.05) is 27.4 Å². The second-order valence-electron chi connectivity index (χ2n) is 6.66. The summed E-state index contributed by atoms with van der Waals surface area (Å²) in [5.74, 6) is 1.52. The van der Waals surface area contributed by atoms with E-state index in [9.17, 15) is 0 Å². The molecule has 2 heterocycles. The summed E-state index contributed by atoms with van der Waals surface area (Å²) < 4.78 is 18.9. The van der Waals surface area contributed by atoms with Crippen LogP contribution in [0.1, 0.15) is 31.0 Å². The summed E-state index contributed by atoms with van der Waals surface area (Å²) in [5.41, 5.74) is 2.43. The molecule has 0 saturated carbocycles. The van der Waals surface area contributed by atoms with Crippen LogP contribution >= 0.6 is 0 Å². The zero-order valence-electron chi connectivity index (χ0n) is 16.0. The fourth-order valence-corrected chi connectivity index (χ4v) is 3.49. The highest BCUT2D eigenvalue weighted by Gasteiger charge is 2.21. The van der Waals surface area contributed by atoms with Gasteiger partial charge in [0.1, 0.15) is 0 Å². The van der Waals surface area contributed by atoms with Crippen molar-refractivity contribution in [3.05, 3.63) is 42.0 Å². The molecule has 1 aliphatic rings. The van der Waals surface area contributed by atoms with Gasteiger partial charge >= 0.3 is 0 Å². The van der Waals surface area contributed by atoms with E-state index in [0.717, 1.165) is 57.1 Å². The number of methoxy groups -OCH3 is 2. The van der Waals surface area contributed by atoms with Crippen molar-refractivity contribution in [2.45, 2.75) is 45.5 Å². The van der Waals surface area contributed by atoms with Crippen LogP contribution in [0.5, 0.6) is 11.5 Å². The van der Waals surface area contributed by atoms with Gasteiger partial charge in [-0.1, -0.05) is 6.07 Å². The Bertz CT molecular complexity index is 695. The maximum Gasteiger partial charge on any atom is 0.161 e. The van der Waals surface area contributed by atoms with Crippen LogP contribution in [-0.4, -0.2) is 47.9 Å². The van der Waals surface area contributed by atoms with Crippen LogP contribution in [0.2, 0.25) is 0 Å². The molecule has 0 bridgehead atoms. The van der Waals surface area contributed by atoms with Gasteiger partial charge in [-0.15, -0.1) is 0 Å². The molecule has 0 aliphatic carbocycles. The van der Waals surface area contributed by atoms with E-state index < -0.39 is 0 Å². The van der Waals surface area contributed by atoms with Gasteiger partial charge in [-0.05, 0) is 37.5 Å². The van der Waals surface area contributed by atoms with Gasteiger partial charge in [0.05, 0.1) is 32.3 Å². The van der Waals surface area contributed by atoms with E-state index in [-0.39, 0.29) is 0 Å². The van der Waals surface area contributed by atoms with Gasteiger partial charge in [-0.3, -0.25) is 4.90 Å². The summed E-state index contributed by atoms with van der Waals surface area (Å²) in [5, 5.41) is 0. The Morgan fingerprint density at radius 2 is 2.08 bits per heavy atom. The zero-order valence-corrected chi connectivity index (χ0v) is 16.0. The first-order valence-corrected chi connectivity index (χ1v) is 9.27. The Morgan fingerprint density at radius 3 is 2.77 bits per heavy atom. The first-order valence-electron chi connectivity index (χ1n) is 9.27. The van der Waals surface area contributed by atoms with Crippen LogP contribution in [0.15, 0.2) is 30.7 Å². The Hall–Kier alpha value is -2.05. The lowest BCUT2D eigenvalue weighted by atomic mass is 10.1. The van der Waals surface area contributed by atoms with Crippen LogP contribution in [0, 0.1) is 0 Å². The molecule has 1 atom stereocenters. The average Bonchev–Trinajstić information content (AvgIpc) is 3.33. The third-order valence-electron chi connectivity index (χ3n) is 4.86. The molecule has 0 spiro atoms. The monoisotopic (exact) mass is 359 g/mol. The Kier molecular flexibility index (Phi) is 6.52. The fraction of sp³-hybridized carbons (Fsp3) is 0.550. The van der Waals surface area contributed by atoms with Gasteiger partial charge in [0.25, 0.3) is 0 Å². The number of ether oxygens (including phenoxy) is 3. The largest absolute Gasteiger partial charge is 0.493 e. The minimum Gasteiger partial charge on any atom is -0.493 e. The van der Waals surface area contributed by atoms with Crippen molar-refractivity contribution in [2.24, 2.45) is 0 Å². The van der Waals surface area contributed by atoms with Crippen molar-refractivity contribution in [3.8, 4) is 11.5 Å². The van der Waals surface area contributed by atoms with Crippen molar-refractivity contribution in [3.63, 3.8) is 0 Å². The molecule has 1 aromatic heterocycles. The third kappa shape index (κ3) is 4.56. The standard InChI is InChI=1S/C20H29N3O3/c1-4-23-15-21-11-17(23)13-22(14-18-6-5-9-26-18)12-16-7-8-19(24-2)20(10-16)25-3/h7-8,10-11,15,18H,4-6,9,12-14H2,1-3H3/t18-/m1/s1. The van der Waals surface area contributed by atoms with Gasteiger partial charge in [0.2, 0.25) is 0 Å². The lowest BCUT2D eigenvalue weighted by Gasteiger charge is -2.26. The van der Waals surface area contributed by atoms with E-state index in [1.54, 1.807) is 14.2 Å². The van der Waals surface area contributed by atoms with E-state index in [1.165, 1.54) is 11.3 Å². The van der Waals surface area contributed by atoms with Crippen molar-refractivity contribution in [1.29, 1.82) is 0 Å². The first kappa shape index (κ1) is 18.7. The number of imidazole rings is 1. The van der Waals surface area contributed by atoms with Crippen LogP contribution in [0.4, 0.5) is 0 Å². The van der Waals surface area contributed by atoms with Gasteiger partial charge in [-0.2, -0.15) is 0 Å². The summed E-state index contributed by atoms with van der Waals surface area (Å²) in [7, 11) is 3.33. The number of nitrogens with zero attached hydrogens (tertiary/aromatic N) is 3. The van der Waals surface area contributed by atoms with E-state index >= 15 is 0 Å². The molecule has 1 fully saturated rings. The molecule has 6 heteroatoms. The first-order chi connectivity index (χ1) is 12.7. The number of hydrogen-bond donors (Lipinski definition) is 0. The molecule has 2 aromatic rings. The summed E-state index contributed by atoms with van der Waals surface area (Å²) in [6.45, 7) is 6.55. The van der Waals surface area contributed by atoms with E-state index in [1.807, 2.05) is 18.6 Å². The zero-order chi connectivity index (χ0) is 18.4. The number of hydrogen-bond acceptors (Lipinski definition) is 5. The number of aromatic nitrogens is 2. The van der Waals surface area contributed by atoms with Crippen molar-refractivity contribution in [1.82, 2.24) is 14.5 Å². The predicted octanol–water partition coefficient (Wildman–Crippen LogP) is 3.10. The summed E-state index contributed by atoms with van der Waals surface area (Å²) in [6.07, 6.45) is 6.46. The Labute approximate surface area is 155 Å². The van der Waals surface area contributed by atoms with E-state index in [2.05, 4.69) is 33.5 Å². The minimum atomic E-state index is 0.313. The molecule has 26 heavy (non-hydrogen) atoms. The normalized spacial score (nSPS) is 17.0. The molecule has 6 nitrogen and oxygen atoms in total. The smallest absolute Gasteiger partial charge is 0.161 e. The summed E-state index contributed by atoms with van der Waals surface area (Å²) >= 11 is 0. The summed E-state index contributed by atoms with van der Waals surface area (Å²) in [6, 6.07) is 6.12. The molecule has 142 valence electrons. The quantitative estimate of drug-likeness (QED) is 0.689. The number of aryl methyl sites for hydroxylation is 1. The van der Waals surface area contributed by atoms with Crippen LogP contribution in [-0.2, 0) is 24.4 Å². The lowest BCUT2D eigenvalue weighted by Crippen LogP contribution is -2.32. The number of rotatable bonds is 9. The maximum atomic E-state index is 5.87. The highest BCUT2D eigenvalue weighted by Crippen LogP contribution is 2.28. The molecule has 1 aromatic carbocycles. The van der Waals surface area contributed by atoms with Gasteiger partial charge in [0.15, 0.2) is 11.5 Å². The Morgan fingerprint density at radius 1 is 1.23 bits per heavy atom. The van der Waals surface area contributed by atoms with Crippen molar-refractivity contribution < 1.29 is 14.2 Å². The molecular weight excluding hydrogens is 330 g/mol. The fourth-order valence-electron chi connectivity index (χ4n) is 3.49. The second-order valence-corrected chi connectivity index (χ2v) is 6.66. The topological polar surface area (TPSA) is 48.8 Å². The second kappa shape index (κ2) is 9.05. The molecule has 1 saturated heterocycles. The summed E-state index contributed by atoms with van der Waals surface area (Å²) in [4.78, 5) is 6.73. The molecule has 3 rings (SSSR count). The SMILES string of the molecule is CCn1cncc1CN(Cc1ccc(OC)c(OC)c1)C[C@H]1CCCO1. The van der Waals surface area contributed by atoms with E-state index in [0.29, 0.717) is 6.10 Å². The van der Waals surface area contributed by atoms with E-state index in [4.69, 9.17) is 14.2 Å². The molecular formula is C20H29N3O3. The van der Waals surface area contributed by atoms with Crippen LogP contribution in [0.3, 0.4) is 0 Å². The van der Waals surface area contributed by atoms with Gasteiger partial charge in [-0.25, -0.2) is 4.98 Å². The van der Waals surface area contributed by atoms with Crippen LogP contribution < -0.4 is 9.47 Å². The maximum absolute atomic E-state index is 5.87. The average molecular weight is 359 g/mol. The lowest BCUT2D eigenvalue weighted by molar-refractivity contribution is 0.0670. The Balaban J connectivity index is 1.76. The predicted molar refractivity (Wildman–Crippen MR) is 101 cm³/mol. The highest BCUT2D eigenvalue weighted by atomic mass is 16.5. The third-order valence-corrected chi connectivity index (χ3v) is 4.86. The molecule has 1 aliphatic heterocycles.